The van der Waals surface area contributed by atoms with Crippen LogP contribution < -0.4 is 5.32 Å². The summed E-state index contributed by atoms with van der Waals surface area (Å²) in [5.74, 6) is -0.907. The molecule has 1 aliphatic rings. The molecule has 0 aromatic rings. The van der Waals surface area contributed by atoms with Gasteiger partial charge < -0.3 is 15.3 Å². The molecule has 0 heterocycles. The van der Waals surface area contributed by atoms with Gasteiger partial charge in [0.25, 0.3) is 0 Å². The van der Waals surface area contributed by atoms with E-state index in [-0.39, 0.29) is 24.3 Å². The molecule has 0 spiro atoms. The maximum atomic E-state index is 12.4. The van der Waals surface area contributed by atoms with E-state index in [9.17, 15) is 14.4 Å². The zero-order valence-electron chi connectivity index (χ0n) is 14.5. The first-order valence-electron chi connectivity index (χ1n) is 8.59. The van der Waals surface area contributed by atoms with E-state index < -0.39 is 12.0 Å². The first-order chi connectivity index (χ1) is 10.8. The lowest BCUT2D eigenvalue weighted by Crippen LogP contribution is -2.49. The van der Waals surface area contributed by atoms with Crippen molar-refractivity contribution in [3.8, 4) is 0 Å². The largest absolute Gasteiger partial charge is 0.480 e. The summed E-state index contributed by atoms with van der Waals surface area (Å²) in [6.07, 6.45) is 6.20. The van der Waals surface area contributed by atoms with Crippen LogP contribution in [0.2, 0.25) is 0 Å². The summed E-state index contributed by atoms with van der Waals surface area (Å²) in [5.41, 5.74) is 0. The number of carboxylic acid groups (broad SMARTS) is 1. The van der Waals surface area contributed by atoms with Crippen molar-refractivity contribution >= 4 is 17.8 Å². The molecule has 2 amide bonds. The SMILES string of the molecule is CC(C)CN(CC(=O)O)C(=O)C(C)NC(=O)CC1CCCCC1. The number of hydrogen-bond donors (Lipinski definition) is 2. The number of nitrogens with zero attached hydrogens (tertiary/aromatic N) is 1. The van der Waals surface area contributed by atoms with Gasteiger partial charge >= 0.3 is 5.97 Å². The summed E-state index contributed by atoms with van der Waals surface area (Å²) in [6, 6.07) is -0.691. The summed E-state index contributed by atoms with van der Waals surface area (Å²) < 4.78 is 0. The molecule has 1 fully saturated rings. The molecule has 0 aliphatic heterocycles. The van der Waals surface area contributed by atoms with E-state index in [1.165, 1.54) is 24.2 Å². The fourth-order valence-corrected chi connectivity index (χ4v) is 3.13. The van der Waals surface area contributed by atoms with Crippen molar-refractivity contribution in [3.63, 3.8) is 0 Å². The molecule has 1 saturated carbocycles. The fraction of sp³-hybridized carbons (Fsp3) is 0.824. The van der Waals surface area contributed by atoms with Crippen molar-refractivity contribution in [1.82, 2.24) is 10.2 Å². The summed E-state index contributed by atoms with van der Waals surface area (Å²) in [4.78, 5) is 36.7. The van der Waals surface area contributed by atoms with E-state index in [4.69, 9.17) is 5.11 Å². The number of amides is 2. The van der Waals surface area contributed by atoms with Crippen LogP contribution in [0.3, 0.4) is 0 Å². The van der Waals surface area contributed by atoms with Crippen LogP contribution in [-0.2, 0) is 14.4 Å². The van der Waals surface area contributed by atoms with Crippen molar-refractivity contribution in [1.29, 1.82) is 0 Å². The van der Waals surface area contributed by atoms with E-state index in [0.717, 1.165) is 12.8 Å². The van der Waals surface area contributed by atoms with Crippen LogP contribution in [0, 0.1) is 11.8 Å². The highest BCUT2D eigenvalue weighted by Crippen LogP contribution is 2.26. The van der Waals surface area contributed by atoms with Crippen molar-refractivity contribution in [2.75, 3.05) is 13.1 Å². The summed E-state index contributed by atoms with van der Waals surface area (Å²) in [5, 5.41) is 11.7. The van der Waals surface area contributed by atoms with Gasteiger partial charge in [0.1, 0.15) is 12.6 Å². The molecule has 1 unspecified atom stereocenters. The van der Waals surface area contributed by atoms with E-state index in [0.29, 0.717) is 18.9 Å². The molecule has 0 bridgehead atoms. The van der Waals surface area contributed by atoms with Gasteiger partial charge in [0, 0.05) is 13.0 Å². The monoisotopic (exact) mass is 326 g/mol. The van der Waals surface area contributed by atoms with Crippen LogP contribution in [0.5, 0.6) is 0 Å². The van der Waals surface area contributed by atoms with Gasteiger partial charge in [-0.2, -0.15) is 0 Å². The highest BCUT2D eigenvalue weighted by Gasteiger charge is 2.25. The molecule has 132 valence electrons. The lowest BCUT2D eigenvalue weighted by Gasteiger charge is -2.27. The molecule has 6 nitrogen and oxygen atoms in total. The second-order valence-electron chi connectivity index (χ2n) is 7.00. The van der Waals surface area contributed by atoms with Crippen molar-refractivity contribution in [3.05, 3.63) is 0 Å². The lowest BCUT2D eigenvalue weighted by atomic mass is 9.87. The van der Waals surface area contributed by atoms with Crippen LogP contribution in [0.1, 0.15) is 59.3 Å². The molecule has 6 heteroatoms. The third kappa shape index (κ3) is 7.48. The smallest absolute Gasteiger partial charge is 0.323 e. The van der Waals surface area contributed by atoms with Crippen LogP contribution in [-0.4, -0.2) is 46.9 Å². The average Bonchev–Trinajstić information content (AvgIpc) is 2.45. The Morgan fingerprint density at radius 2 is 1.74 bits per heavy atom. The summed E-state index contributed by atoms with van der Waals surface area (Å²) >= 11 is 0. The minimum atomic E-state index is -1.04. The molecular weight excluding hydrogens is 296 g/mol. The standard InChI is InChI=1S/C17H30N2O4/c1-12(2)10-19(11-16(21)22)17(23)13(3)18-15(20)9-14-7-5-4-6-8-14/h12-14H,4-11H2,1-3H3,(H,18,20)(H,21,22). The molecule has 0 radical (unpaired) electrons. The Morgan fingerprint density at radius 3 is 2.26 bits per heavy atom. The minimum absolute atomic E-state index is 0.113. The first-order valence-corrected chi connectivity index (χ1v) is 8.59. The Balaban J connectivity index is 2.51. The molecule has 1 rings (SSSR count). The summed E-state index contributed by atoms with van der Waals surface area (Å²) in [6.45, 7) is 5.51. The fourth-order valence-electron chi connectivity index (χ4n) is 3.13. The van der Waals surface area contributed by atoms with Crippen LogP contribution in [0.25, 0.3) is 0 Å². The van der Waals surface area contributed by atoms with Gasteiger partial charge in [-0.3, -0.25) is 14.4 Å². The number of carbonyl (C=O) groups excluding carboxylic acids is 2. The lowest BCUT2D eigenvalue weighted by molar-refractivity contribution is -0.146. The number of nitrogens with one attached hydrogen (secondary N) is 1. The number of carbonyl (C=O) groups is 3. The molecule has 0 saturated heterocycles. The van der Waals surface area contributed by atoms with Gasteiger partial charge in [-0.1, -0.05) is 33.1 Å². The highest BCUT2D eigenvalue weighted by atomic mass is 16.4. The van der Waals surface area contributed by atoms with Gasteiger partial charge in [-0.05, 0) is 31.6 Å². The molecule has 1 atom stereocenters. The maximum Gasteiger partial charge on any atom is 0.323 e. The van der Waals surface area contributed by atoms with Gasteiger partial charge in [-0.15, -0.1) is 0 Å². The average molecular weight is 326 g/mol. The Kier molecular flexibility index (Phi) is 8.06. The predicted octanol–water partition coefficient (Wildman–Crippen LogP) is 2.03. The number of hydrogen-bond acceptors (Lipinski definition) is 3. The topological polar surface area (TPSA) is 86.7 Å². The van der Waals surface area contributed by atoms with E-state index in [2.05, 4.69) is 5.32 Å². The third-order valence-electron chi connectivity index (χ3n) is 4.17. The Bertz CT molecular complexity index is 417. The molecular formula is C17H30N2O4. The Hall–Kier alpha value is -1.59. The molecule has 23 heavy (non-hydrogen) atoms. The third-order valence-corrected chi connectivity index (χ3v) is 4.17. The number of aliphatic carboxylic acids is 1. The van der Waals surface area contributed by atoms with Crippen LogP contribution >= 0.6 is 0 Å². The van der Waals surface area contributed by atoms with Crippen molar-refractivity contribution in [2.45, 2.75) is 65.3 Å². The van der Waals surface area contributed by atoms with Gasteiger partial charge in [0.05, 0.1) is 0 Å². The molecule has 1 aliphatic carbocycles. The maximum absolute atomic E-state index is 12.4. The van der Waals surface area contributed by atoms with E-state index in [1.54, 1.807) is 6.92 Å². The second-order valence-corrected chi connectivity index (χ2v) is 7.00. The second kappa shape index (κ2) is 9.53. The molecule has 0 aromatic carbocycles. The predicted molar refractivity (Wildman–Crippen MR) is 87.9 cm³/mol. The Labute approximate surface area is 138 Å². The highest BCUT2D eigenvalue weighted by molar-refractivity contribution is 5.89. The van der Waals surface area contributed by atoms with E-state index in [1.807, 2.05) is 13.8 Å². The minimum Gasteiger partial charge on any atom is -0.480 e. The van der Waals surface area contributed by atoms with Crippen LogP contribution in [0.15, 0.2) is 0 Å². The van der Waals surface area contributed by atoms with Gasteiger partial charge in [0.2, 0.25) is 11.8 Å². The van der Waals surface area contributed by atoms with Gasteiger partial charge in [-0.25, -0.2) is 0 Å². The zero-order chi connectivity index (χ0) is 17.4. The number of rotatable bonds is 8. The summed E-state index contributed by atoms with van der Waals surface area (Å²) in [7, 11) is 0. The quantitative estimate of drug-likeness (QED) is 0.714. The Morgan fingerprint density at radius 1 is 1.13 bits per heavy atom. The van der Waals surface area contributed by atoms with Crippen LogP contribution in [0.4, 0.5) is 0 Å². The van der Waals surface area contributed by atoms with Crippen molar-refractivity contribution < 1.29 is 19.5 Å². The van der Waals surface area contributed by atoms with Gasteiger partial charge in [0.15, 0.2) is 0 Å². The number of carboxylic acids is 1. The normalized spacial score (nSPS) is 16.9. The first kappa shape index (κ1) is 19.5. The van der Waals surface area contributed by atoms with Crippen molar-refractivity contribution in [2.24, 2.45) is 11.8 Å². The molecule has 2 N–H and O–H groups in total. The van der Waals surface area contributed by atoms with E-state index >= 15 is 0 Å². The molecule has 0 aromatic heterocycles. The zero-order valence-corrected chi connectivity index (χ0v) is 14.5.